The third-order valence-electron chi connectivity index (χ3n) is 5.53. The number of hydrogen-bond donors (Lipinski definition) is 4. The first-order chi connectivity index (χ1) is 13.4. The summed E-state index contributed by atoms with van der Waals surface area (Å²) < 4.78 is 0. The Bertz CT molecular complexity index is 862. The summed E-state index contributed by atoms with van der Waals surface area (Å²) in [7, 11) is 1.91. The Hall–Kier alpha value is -2.59. The number of hydrogen-bond acceptors (Lipinski definition) is 7. The van der Waals surface area contributed by atoms with E-state index in [0.717, 1.165) is 25.7 Å². The number of carbonyl (C=O) groups is 1. The van der Waals surface area contributed by atoms with Gasteiger partial charge in [-0.2, -0.15) is 10.1 Å². The van der Waals surface area contributed by atoms with Crippen molar-refractivity contribution >= 4 is 35.3 Å². The molecule has 10 nitrogen and oxygen atoms in total. The van der Waals surface area contributed by atoms with Gasteiger partial charge < -0.3 is 25.3 Å². The molecule has 0 aromatic carbocycles. The van der Waals surface area contributed by atoms with Gasteiger partial charge in [-0.05, 0) is 25.7 Å². The van der Waals surface area contributed by atoms with E-state index in [1.165, 1.54) is 0 Å². The molecular formula is C17H22ClN7O3. The molecule has 28 heavy (non-hydrogen) atoms. The van der Waals surface area contributed by atoms with Crippen molar-refractivity contribution in [1.82, 2.24) is 25.1 Å². The molecular weight excluding hydrogens is 386 g/mol. The lowest BCUT2D eigenvalue weighted by atomic mass is 9.97. The molecule has 3 atom stereocenters. The van der Waals surface area contributed by atoms with Crippen LogP contribution in [0.3, 0.4) is 0 Å². The summed E-state index contributed by atoms with van der Waals surface area (Å²) in [6.45, 7) is -0.134. The number of aliphatic hydroxyl groups excluding tert-OH is 1. The third kappa shape index (κ3) is 3.57. The number of halogens is 1. The molecule has 1 unspecified atom stereocenters. The zero-order valence-corrected chi connectivity index (χ0v) is 16.1. The number of rotatable bonds is 5. The quantitative estimate of drug-likeness (QED) is 0.555. The standard InChI is InChI=1S/C17H22ClN7O3/c1-24(12-5-10-2-3-11(6-12)25(10)17(27)28)16-19-13(18)7-14(21-16)20-15-4-9(8-26)22-23-15/h4,7,10-12,26H,2-3,5-6,8H2,1H3,(H,27,28)(H2,19,20,21,22,23)/t10-,11+,12?. The fourth-order valence-corrected chi connectivity index (χ4v) is 4.38. The number of nitrogens with zero attached hydrogens (tertiary/aromatic N) is 5. The average molecular weight is 408 g/mol. The molecule has 2 aliphatic rings. The fourth-order valence-electron chi connectivity index (χ4n) is 4.21. The van der Waals surface area contributed by atoms with Crippen LogP contribution in [0.15, 0.2) is 12.1 Å². The van der Waals surface area contributed by atoms with Crippen LogP contribution < -0.4 is 10.2 Å². The van der Waals surface area contributed by atoms with Gasteiger partial charge in [-0.3, -0.25) is 5.10 Å². The summed E-state index contributed by atoms with van der Waals surface area (Å²) in [5.41, 5.74) is 0.584. The monoisotopic (exact) mass is 407 g/mol. The molecule has 4 rings (SSSR count). The molecule has 2 aromatic rings. The second-order valence-electron chi connectivity index (χ2n) is 7.25. The van der Waals surface area contributed by atoms with E-state index < -0.39 is 6.09 Å². The molecule has 150 valence electrons. The van der Waals surface area contributed by atoms with E-state index in [4.69, 9.17) is 16.7 Å². The summed E-state index contributed by atoms with van der Waals surface area (Å²) in [4.78, 5) is 23.9. The topological polar surface area (TPSA) is 130 Å². The van der Waals surface area contributed by atoms with Crippen molar-refractivity contribution in [1.29, 1.82) is 0 Å². The van der Waals surface area contributed by atoms with Gasteiger partial charge in [0, 0.05) is 37.3 Å². The van der Waals surface area contributed by atoms with Gasteiger partial charge in [0.2, 0.25) is 5.95 Å². The maximum absolute atomic E-state index is 11.5. The number of aromatic nitrogens is 4. The van der Waals surface area contributed by atoms with Gasteiger partial charge in [0.05, 0.1) is 12.3 Å². The number of amides is 1. The molecule has 2 bridgehead atoms. The van der Waals surface area contributed by atoms with Crippen molar-refractivity contribution in [3.63, 3.8) is 0 Å². The molecule has 2 aliphatic heterocycles. The Balaban J connectivity index is 1.51. The van der Waals surface area contributed by atoms with Gasteiger partial charge >= 0.3 is 6.09 Å². The van der Waals surface area contributed by atoms with E-state index in [1.807, 2.05) is 11.9 Å². The molecule has 0 spiro atoms. The number of aliphatic hydroxyl groups is 1. The Morgan fingerprint density at radius 3 is 2.64 bits per heavy atom. The molecule has 0 aliphatic carbocycles. The van der Waals surface area contributed by atoms with Crippen LogP contribution in [0.4, 0.5) is 22.4 Å². The molecule has 2 aromatic heterocycles. The number of anilines is 3. The Labute approximate surface area is 166 Å². The number of fused-ring (bicyclic) bond motifs is 2. The van der Waals surface area contributed by atoms with Crippen molar-refractivity contribution < 1.29 is 15.0 Å². The Morgan fingerprint density at radius 1 is 1.32 bits per heavy atom. The minimum Gasteiger partial charge on any atom is -0.465 e. The van der Waals surface area contributed by atoms with Crippen molar-refractivity contribution in [2.75, 3.05) is 17.3 Å². The summed E-state index contributed by atoms with van der Waals surface area (Å²) in [5.74, 6) is 1.48. The largest absolute Gasteiger partial charge is 0.465 e. The molecule has 1 amide bonds. The zero-order chi connectivity index (χ0) is 19.8. The number of aromatic amines is 1. The molecule has 4 N–H and O–H groups in total. The second-order valence-corrected chi connectivity index (χ2v) is 7.64. The third-order valence-corrected chi connectivity index (χ3v) is 5.73. The minimum atomic E-state index is -0.833. The van der Waals surface area contributed by atoms with Crippen LogP contribution in [-0.2, 0) is 6.61 Å². The van der Waals surface area contributed by atoms with Crippen molar-refractivity contribution in [3.05, 3.63) is 23.0 Å². The van der Waals surface area contributed by atoms with Crippen molar-refractivity contribution in [2.45, 2.75) is 50.4 Å². The molecule has 11 heteroatoms. The second kappa shape index (κ2) is 7.44. The maximum atomic E-state index is 11.5. The summed E-state index contributed by atoms with van der Waals surface area (Å²) in [6, 6.07) is 3.51. The highest BCUT2D eigenvalue weighted by Gasteiger charge is 2.44. The predicted molar refractivity (Wildman–Crippen MR) is 103 cm³/mol. The average Bonchev–Trinajstić information content (AvgIpc) is 3.22. The molecule has 2 saturated heterocycles. The van der Waals surface area contributed by atoms with Crippen molar-refractivity contribution in [2.24, 2.45) is 0 Å². The van der Waals surface area contributed by atoms with E-state index in [-0.39, 0.29) is 24.7 Å². The van der Waals surface area contributed by atoms with Crippen LogP contribution in [0, 0.1) is 0 Å². The first kappa shape index (κ1) is 18.8. The predicted octanol–water partition coefficient (Wildman–Crippen LogP) is 2.20. The van der Waals surface area contributed by atoms with Gasteiger partial charge in [0.1, 0.15) is 11.0 Å². The normalized spacial score (nSPS) is 23.7. The van der Waals surface area contributed by atoms with Gasteiger partial charge in [0.25, 0.3) is 0 Å². The molecule has 0 radical (unpaired) electrons. The van der Waals surface area contributed by atoms with E-state index in [0.29, 0.717) is 28.4 Å². The minimum absolute atomic E-state index is 0.0430. The highest BCUT2D eigenvalue weighted by molar-refractivity contribution is 6.29. The van der Waals surface area contributed by atoms with Crippen LogP contribution >= 0.6 is 11.6 Å². The zero-order valence-electron chi connectivity index (χ0n) is 15.3. The number of nitrogens with one attached hydrogen (secondary N) is 2. The van der Waals surface area contributed by atoms with Gasteiger partial charge in [-0.1, -0.05) is 11.6 Å². The number of piperidine rings is 1. The van der Waals surface area contributed by atoms with Crippen LogP contribution in [0.2, 0.25) is 5.15 Å². The number of H-pyrrole nitrogens is 1. The molecule has 0 saturated carbocycles. The van der Waals surface area contributed by atoms with E-state index in [1.54, 1.807) is 17.0 Å². The van der Waals surface area contributed by atoms with E-state index in [2.05, 4.69) is 25.5 Å². The fraction of sp³-hybridized carbons (Fsp3) is 0.529. The Morgan fingerprint density at radius 2 is 2.04 bits per heavy atom. The summed E-state index contributed by atoms with van der Waals surface area (Å²) >= 11 is 6.19. The lowest BCUT2D eigenvalue weighted by Gasteiger charge is -2.40. The van der Waals surface area contributed by atoms with E-state index >= 15 is 0 Å². The van der Waals surface area contributed by atoms with Crippen LogP contribution in [0.5, 0.6) is 0 Å². The smallest absolute Gasteiger partial charge is 0.407 e. The van der Waals surface area contributed by atoms with Crippen LogP contribution in [0.1, 0.15) is 31.4 Å². The van der Waals surface area contributed by atoms with Crippen LogP contribution in [-0.4, -0.2) is 66.5 Å². The first-order valence-corrected chi connectivity index (χ1v) is 9.53. The highest BCUT2D eigenvalue weighted by Crippen LogP contribution is 2.38. The number of carboxylic acid groups (broad SMARTS) is 1. The van der Waals surface area contributed by atoms with Crippen molar-refractivity contribution in [3.8, 4) is 0 Å². The lowest BCUT2D eigenvalue weighted by molar-refractivity contribution is 0.0964. The SMILES string of the molecule is CN(c1nc(Cl)cc(Nc2cc(CO)[nH]n2)n1)C1C[C@H]2CC[C@@H](C1)N2C(=O)O. The van der Waals surface area contributed by atoms with Crippen LogP contribution in [0.25, 0.3) is 0 Å². The summed E-state index contributed by atoms with van der Waals surface area (Å²) in [5, 5.41) is 28.7. The first-order valence-electron chi connectivity index (χ1n) is 9.15. The lowest BCUT2D eigenvalue weighted by Crippen LogP contribution is -2.51. The highest BCUT2D eigenvalue weighted by atomic mass is 35.5. The van der Waals surface area contributed by atoms with E-state index in [9.17, 15) is 9.90 Å². The molecule has 2 fully saturated rings. The Kier molecular flexibility index (Phi) is 4.98. The molecule has 4 heterocycles. The van der Waals surface area contributed by atoms with Gasteiger partial charge in [-0.25, -0.2) is 9.78 Å². The summed E-state index contributed by atoms with van der Waals surface area (Å²) in [6.07, 6.45) is 2.46. The van der Waals surface area contributed by atoms with Gasteiger partial charge in [0.15, 0.2) is 5.82 Å². The maximum Gasteiger partial charge on any atom is 0.407 e. The van der Waals surface area contributed by atoms with Gasteiger partial charge in [-0.15, -0.1) is 0 Å².